The summed E-state index contributed by atoms with van der Waals surface area (Å²) in [6.45, 7) is 3.53. The summed E-state index contributed by atoms with van der Waals surface area (Å²) in [6, 6.07) is 6.65. The molecule has 2 unspecified atom stereocenters. The molecular weight excluding hydrogens is 345 g/mol. The van der Waals surface area contributed by atoms with Crippen LogP contribution in [0.1, 0.15) is 43.1 Å². The zero-order chi connectivity index (χ0) is 18.4. The lowest BCUT2D eigenvalue weighted by Gasteiger charge is -2.41. The Morgan fingerprint density at radius 1 is 1.22 bits per heavy atom. The smallest absolute Gasteiger partial charge is 0.223 e. The maximum atomic E-state index is 13.2. The third-order valence-electron chi connectivity index (χ3n) is 6.36. The van der Waals surface area contributed by atoms with Gasteiger partial charge in [-0.25, -0.2) is 14.1 Å². The highest BCUT2D eigenvalue weighted by atomic mass is 19.1. The van der Waals surface area contributed by atoms with Crippen LogP contribution in [0.15, 0.2) is 30.6 Å². The zero-order valence-corrected chi connectivity index (χ0v) is 15.3. The van der Waals surface area contributed by atoms with Crippen molar-refractivity contribution in [1.82, 2.24) is 25.0 Å². The number of nitrogens with one attached hydrogen (secondary N) is 1. The molecule has 0 radical (unpaired) electrons. The van der Waals surface area contributed by atoms with E-state index in [1.165, 1.54) is 12.1 Å². The molecule has 1 spiro atoms. The average Bonchev–Trinajstić information content (AvgIpc) is 3.28. The molecule has 1 aromatic carbocycles. The largest absolute Gasteiger partial charge is 0.345 e. The first-order valence-corrected chi connectivity index (χ1v) is 9.78. The number of fused-ring (bicyclic) bond motifs is 1. The number of hydrogen-bond donors (Lipinski definition) is 1. The van der Waals surface area contributed by atoms with E-state index in [0.29, 0.717) is 0 Å². The fourth-order valence-electron chi connectivity index (χ4n) is 4.65. The van der Waals surface area contributed by atoms with Gasteiger partial charge in [-0.15, -0.1) is 0 Å². The van der Waals surface area contributed by atoms with Crippen LogP contribution in [0.25, 0.3) is 0 Å². The van der Waals surface area contributed by atoms with Gasteiger partial charge in [0.1, 0.15) is 18.0 Å². The van der Waals surface area contributed by atoms with E-state index in [0.717, 1.165) is 63.3 Å². The second-order valence-corrected chi connectivity index (χ2v) is 8.26. The van der Waals surface area contributed by atoms with E-state index in [4.69, 9.17) is 0 Å². The van der Waals surface area contributed by atoms with Crippen LogP contribution >= 0.6 is 0 Å². The lowest BCUT2D eigenvalue weighted by atomic mass is 9.74. The van der Waals surface area contributed by atoms with Gasteiger partial charge in [-0.1, -0.05) is 12.1 Å². The van der Waals surface area contributed by atoms with Crippen molar-refractivity contribution < 1.29 is 9.18 Å². The predicted molar refractivity (Wildman–Crippen MR) is 97.0 cm³/mol. The van der Waals surface area contributed by atoms with E-state index in [-0.39, 0.29) is 29.1 Å². The van der Waals surface area contributed by atoms with Crippen molar-refractivity contribution in [2.45, 2.75) is 44.8 Å². The molecule has 7 heteroatoms. The highest BCUT2D eigenvalue weighted by molar-refractivity contribution is 5.81. The molecule has 3 aliphatic rings. The lowest BCUT2D eigenvalue weighted by Crippen LogP contribution is -2.48. The van der Waals surface area contributed by atoms with Crippen molar-refractivity contribution >= 4 is 5.91 Å². The van der Waals surface area contributed by atoms with Crippen molar-refractivity contribution in [2.75, 3.05) is 13.1 Å². The third kappa shape index (κ3) is 3.14. The summed E-state index contributed by atoms with van der Waals surface area (Å²) >= 11 is 0. The van der Waals surface area contributed by atoms with Crippen molar-refractivity contribution in [1.29, 1.82) is 0 Å². The Kier molecular flexibility index (Phi) is 4.00. The molecule has 27 heavy (non-hydrogen) atoms. The van der Waals surface area contributed by atoms with Crippen LogP contribution in [-0.2, 0) is 17.9 Å². The van der Waals surface area contributed by atoms with Crippen molar-refractivity contribution in [3.8, 4) is 0 Å². The molecule has 2 atom stereocenters. The maximum absolute atomic E-state index is 13.2. The van der Waals surface area contributed by atoms with Gasteiger partial charge in [-0.3, -0.25) is 9.69 Å². The predicted octanol–water partition coefficient (Wildman–Crippen LogP) is 2.28. The highest BCUT2D eigenvalue weighted by Gasteiger charge is 2.50. The number of benzene rings is 1. The Balaban J connectivity index is 1.36. The maximum Gasteiger partial charge on any atom is 0.223 e. The molecule has 1 saturated heterocycles. The summed E-state index contributed by atoms with van der Waals surface area (Å²) in [5.74, 6) is 1.02. The summed E-state index contributed by atoms with van der Waals surface area (Å²) in [6.07, 6.45) is 5.59. The SMILES string of the molecule is O=C(NC1c2ncnn2CCC12CCN(Cc1ccc(F)cc1)C2)C1CC1. The first-order valence-electron chi connectivity index (χ1n) is 9.78. The molecule has 1 amide bonds. The van der Waals surface area contributed by atoms with Gasteiger partial charge in [0.25, 0.3) is 0 Å². The average molecular weight is 369 g/mol. The van der Waals surface area contributed by atoms with Crippen LogP contribution < -0.4 is 5.32 Å². The van der Waals surface area contributed by atoms with Crippen LogP contribution in [-0.4, -0.2) is 38.7 Å². The van der Waals surface area contributed by atoms with Crippen LogP contribution in [0.2, 0.25) is 0 Å². The van der Waals surface area contributed by atoms with Crippen LogP contribution in [0.5, 0.6) is 0 Å². The topological polar surface area (TPSA) is 63.1 Å². The van der Waals surface area contributed by atoms with Crippen LogP contribution in [0.3, 0.4) is 0 Å². The van der Waals surface area contributed by atoms with Gasteiger partial charge >= 0.3 is 0 Å². The molecule has 2 aliphatic heterocycles. The number of carbonyl (C=O) groups is 1. The number of aryl methyl sites for hydroxylation is 1. The summed E-state index contributed by atoms with van der Waals surface area (Å²) < 4.78 is 15.1. The quantitative estimate of drug-likeness (QED) is 0.898. The van der Waals surface area contributed by atoms with Gasteiger partial charge in [0, 0.05) is 31.0 Å². The Labute approximate surface area is 157 Å². The Morgan fingerprint density at radius 2 is 2.00 bits per heavy atom. The fraction of sp³-hybridized carbons (Fsp3) is 0.550. The van der Waals surface area contributed by atoms with Gasteiger partial charge in [0.05, 0.1) is 6.04 Å². The molecule has 2 aromatic rings. The number of halogens is 1. The van der Waals surface area contributed by atoms with Gasteiger partial charge < -0.3 is 5.32 Å². The van der Waals surface area contributed by atoms with E-state index < -0.39 is 0 Å². The summed E-state index contributed by atoms with van der Waals surface area (Å²) in [5, 5.41) is 7.64. The molecule has 5 rings (SSSR count). The molecule has 3 heterocycles. The number of hydrogen-bond acceptors (Lipinski definition) is 4. The molecule has 6 nitrogen and oxygen atoms in total. The number of aromatic nitrogens is 3. The molecule has 2 fully saturated rings. The number of nitrogens with zero attached hydrogens (tertiary/aromatic N) is 4. The number of carbonyl (C=O) groups excluding carboxylic acids is 1. The minimum absolute atomic E-state index is 0.00634. The molecule has 1 aromatic heterocycles. The van der Waals surface area contributed by atoms with E-state index in [1.807, 2.05) is 16.8 Å². The monoisotopic (exact) mass is 369 g/mol. The molecule has 1 aliphatic carbocycles. The van der Waals surface area contributed by atoms with E-state index in [2.05, 4.69) is 20.3 Å². The number of rotatable bonds is 4. The summed E-state index contributed by atoms with van der Waals surface area (Å²) in [4.78, 5) is 19.4. The molecular formula is C20H24FN5O. The highest BCUT2D eigenvalue weighted by Crippen LogP contribution is 2.48. The summed E-state index contributed by atoms with van der Waals surface area (Å²) in [7, 11) is 0. The second-order valence-electron chi connectivity index (χ2n) is 8.26. The minimum atomic E-state index is -0.203. The molecule has 0 bridgehead atoms. The van der Waals surface area contributed by atoms with Gasteiger partial charge in [0.15, 0.2) is 0 Å². The Morgan fingerprint density at radius 3 is 2.78 bits per heavy atom. The molecule has 1 saturated carbocycles. The lowest BCUT2D eigenvalue weighted by molar-refractivity contribution is -0.124. The normalized spacial score (nSPS) is 27.7. The summed E-state index contributed by atoms with van der Waals surface area (Å²) in [5.41, 5.74) is 1.11. The van der Waals surface area contributed by atoms with Gasteiger partial charge in [-0.05, 0) is 49.9 Å². The van der Waals surface area contributed by atoms with Crippen LogP contribution in [0, 0.1) is 17.2 Å². The van der Waals surface area contributed by atoms with E-state index in [9.17, 15) is 9.18 Å². The van der Waals surface area contributed by atoms with Crippen molar-refractivity contribution in [3.05, 3.63) is 47.8 Å². The van der Waals surface area contributed by atoms with E-state index in [1.54, 1.807) is 6.33 Å². The number of likely N-dealkylation sites (tertiary alicyclic amines) is 1. The Bertz CT molecular complexity index is 846. The van der Waals surface area contributed by atoms with Gasteiger partial charge in [0.2, 0.25) is 5.91 Å². The fourth-order valence-corrected chi connectivity index (χ4v) is 4.65. The first kappa shape index (κ1) is 16.9. The standard InChI is InChI=1S/C20H24FN5O/c21-16-5-1-14(2-6-16)11-25-9-7-20(12-25)8-10-26-18(22-13-23-26)17(20)24-19(27)15-3-4-15/h1-2,5-6,13,15,17H,3-4,7-12H2,(H,24,27). The molecule has 142 valence electrons. The Hall–Kier alpha value is -2.28. The number of amides is 1. The zero-order valence-electron chi connectivity index (χ0n) is 15.3. The van der Waals surface area contributed by atoms with Crippen molar-refractivity contribution in [2.24, 2.45) is 11.3 Å². The van der Waals surface area contributed by atoms with Gasteiger partial charge in [-0.2, -0.15) is 5.10 Å². The van der Waals surface area contributed by atoms with Crippen molar-refractivity contribution in [3.63, 3.8) is 0 Å². The second kappa shape index (κ2) is 6.41. The third-order valence-corrected chi connectivity index (χ3v) is 6.36. The minimum Gasteiger partial charge on any atom is -0.345 e. The van der Waals surface area contributed by atoms with E-state index >= 15 is 0 Å². The molecule has 1 N–H and O–H groups in total. The van der Waals surface area contributed by atoms with Crippen LogP contribution in [0.4, 0.5) is 4.39 Å². The first-order chi connectivity index (χ1) is 13.1.